The van der Waals surface area contributed by atoms with Crippen LogP contribution < -0.4 is 5.73 Å². The lowest BCUT2D eigenvalue weighted by Gasteiger charge is -2.24. The molecule has 0 aliphatic heterocycles. The second-order valence-corrected chi connectivity index (χ2v) is 2.53. The van der Waals surface area contributed by atoms with Gasteiger partial charge in [0.15, 0.2) is 0 Å². The van der Waals surface area contributed by atoms with Crippen LogP contribution in [0.15, 0.2) is 0 Å². The molecule has 0 fully saturated rings. The van der Waals surface area contributed by atoms with Gasteiger partial charge in [0.25, 0.3) is 0 Å². The van der Waals surface area contributed by atoms with Gasteiger partial charge >= 0.3 is 5.97 Å². The number of hydrogen-bond donors (Lipinski definition) is 3. The molecule has 0 spiro atoms. The largest absolute Gasteiger partial charge is 0.480 e. The summed E-state index contributed by atoms with van der Waals surface area (Å²) in [5.74, 6) is -1.17. The van der Waals surface area contributed by atoms with Gasteiger partial charge in [0.05, 0.1) is 5.60 Å². The van der Waals surface area contributed by atoms with Crippen molar-refractivity contribution in [2.24, 2.45) is 5.73 Å². The maximum absolute atomic E-state index is 10.2. The highest BCUT2D eigenvalue weighted by Gasteiger charge is 2.32. The van der Waals surface area contributed by atoms with E-state index >= 15 is 0 Å². The monoisotopic (exact) mass is 147 g/mol. The summed E-state index contributed by atoms with van der Waals surface area (Å²) in [7, 11) is 0. The Kier molecular flexibility index (Phi) is 2.80. The molecule has 4 N–H and O–H groups in total. The molecule has 60 valence electrons. The highest BCUT2D eigenvalue weighted by atomic mass is 16.4. The van der Waals surface area contributed by atoms with E-state index in [0.29, 0.717) is 6.42 Å². The van der Waals surface area contributed by atoms with Gasteiger partial charge in [-0.3, -0.25) is 4.79 Å². The Hall–Kier alpha value is -0.610. The highest BCUT2D eigenvalue weighted by Crippen LogP contribution is 2.11. The molecule has 10 heavy (non-hydrogen) atoms. The van der Waals surface area contributed by atoms with Crippen LogP contribution in [0.3, 0.4) is 0 Å². The minimum atomic E-state index is -1.30. The molecule has 0 amide bonds. The number of aliphatic hydroxyl groups is 1. The van der Waals surface area contributed by atoms with E-state index in [1.54, 1.807) is 6.92 Å². The summed E-state index contributed by atoms with van der Waals surface area (Å²) in [4.78, 5) is 10.2. The Morgan fingerprint density at radius 1 is 1.80 bits per heavy atom. The predicted molar refractivity (Wildman–Crippen MR) is 36.5 cm³/mol. The molecule has 0 aromatic rings. The minimum Gasteiger partial charge on any atom is -0.480 e. The first kappa shape index (κ1) is 9.39. The van der Waals surface area contributed by atoms with Crippen molar-refractivity contribution < 1.29 is 15.0 Å². The molecule has 0 aliphatic carbocycles. The molecule has 0 radical (unpaired) electrons. The van der Waals surface area contributed by atoms with E-state index in [9.17, 15) is 9.90 Å². The summed E-state index contributed by atoms with van der Waals surface area (Å²) in [6.45, 7) is 3.09. The second kappa shape index (κ2) is 2.98. The van der Waals surface area contributed by atoms with Crippen molar-refractivity contribution in [1.29, 1.82) is 0 Å². The molecule has 0 heterocycles. The minimum absolute atomic E-state index is 0.334. The van der Waals surface area contributed by atoms with Gasteiger partial charge in [0, 0.05) is 0 Å². The lowest BCUT2D eigenvalue weighted by Crippen LogP contribution is -2.50. The van der Waals surface area contributed by atoms with Gasteiger partial charge in [-0.15, -0.1) is 0 Å². The van der Waals surface area contributed by atoms with E-state index in [-0.39, 0.29) is 0 Å². The molecule has 0 aromatic heterocycles. The van der Waals surface area contributed by atoms with Gasteiger partial charge in [-0.2, -0.15) is 0 Å². The standard InChI is InChI=1S/C6H13NO3/c1-3-6(2,10)4(7)5(8)9/h4,10H,3,7H2,1-2H3,(H,8,9)/t4-,6+/m0/s1. The Labute approximate surface area is 59.7 Å². The van der Waals surface area contributed by atoms with Gasteiger partial charge < -0.3 is 15.9 Å². The first-order chi connectivity index (χ1) is 4.41. The summed E-state index contributed by atoms with van der Waals surface area (Å²) in [6.07, 6.45) is 0.334. The van der Waals surface area contributed by atoms with Gasteiger partial charge in [-0.25, -0.2) is 0 Å². The summed E-state index contributed by atoms with van der Waals surface area (Å²) in [5.41, 5.74) is 3.86. The Morgan fingerprint density at radius 3 is 2.30 bits per heavy atom. The smallest absolute Gasteiger partial charge is 0.323 e. The third-order valence-electron chi connectivity index (χ3n) is 1.65. The summed E-state index contributed by atoms with van der Waals surface area (Å²) >= 11 is 0. The molecular formula is C6H13NO3. The Bertz CT molecular complexity index is 133. The van der Waals surface area contributed by atoms with Gasteiger partial charge in [0.2, 0.25) is 0 Å². The van der Waals surface area contributed by atoms with E-state index in [1.807, 2.05) is 0 Å². The van der Waals surface area contributed by atoms with Crippen molar-refractivity contribution >= 4 is 5.97 Å². The topological polar surface area (TPSA) is 83.5 Å². The quantitative estimate of drug-likeness (QED) is 0.505. The van der Waals surface area contributed by atoms with Crippen LogP contribution in [0.25, 0.3) is 0 Å². The second-order valence-electron chi connectivity index (χ2n) is 2.53. The van der Waals surface area contributed by atoms with E-state index in [1.165, 1.54) is 6.92 Å². The number of rotatable bonds is 3. The molecule has 0 unspecified atom stereocenters. The average molecular weight is 147 g/mol. The molecular weight excluding hydrogens is 134 g/mol. The zero-order chi connectivity index (χ0) is 8.36. The third-order valence-corrected chi connectivity index (χ3v) is 1.65. The molecule has 0 rings (SSSR count). The summed E-state index contributed by atoms with van der Waals surface area (Å²) < 4.78 is 0. The van der Waals surface area contributed by atoms with Crippen molar-refractivity contribution in [3.63, 3.8) is 0 Å². The highest BCUT2D eigenvalue weighted by molar-refractivity contribution is 5.74. The van der Waals surface area contributed by atoms with Crippen molar-refractivity contribution in [3.05, 3.63) is 0 Å². The summed E-state index contributed by atoms with van der Waals surface area (Å²) in [6, 6.07) is -1.20. The lowest BCUT2D eigenvalue weighted by atomic mass is 9.95. The molecule has 0 aliphatic rings. The number of carboxylic acids is 1. The number of hydrogen-bond acceptors (Lipinski definition) is 3. The van der Waals surface area contributed by atoms with Crippen molar-refractivity contribution in [2.75, 3.05) is 0 Å². The number of aliphatic carboxylic acids is 1. The van der Waals surface area contributed by atoms with E-state index < -0.39 is 17.6 Å². The van der Waals surface area contributed by atoms with Crippen LogP contribution in [-0.4, -0.2) is 27.8 Å². The fourth-order valence-corrected chi connectivity index (χ4v) is 0.486. The molecule has 0 aromatic carbocycles. The maximum atomic E-state index is 10.2. The zero-order valence-electron chi connectivity index (χ0n) is 6.16. The number of nitrogens with two attached hydrogens (primary N) is 1. The molecule has 4 heteroatoms. The molecule has 0 bridgehead atoms. The maximum Gasteiger partial charge on any atom is 0.323 e. The van der Waals surface area contributed by atoms with Gasteiger partial charge in [0.1, 0.15) is 6.04 Å². The van der Waals surface area contributed by atoms with Crippen molar-refractivity contribution in [1.82, 2.24) is 0 Å². The van der Waals surface area contributed by atoms with E-state index in [2.05, 4.69) is 0 Å². The first-order valence-electron chi connectivity index (χ1n) is 3.12. The third kappa shape index (κ3) is 1.97. The van der Waals surface area contributed by atoms with Crippen LogP contribution >= 0.6 is 0 Å². The SMILES string of the molecule is CC[C@@](C)(O)[C@@H](N)C(=O)O. The molecule has 0 saturated carbocycles. The van der Waals surface area contributed by atoms with Crippen LogP contribution in [0.4, 0.5) is 0 Å². The van der Waals surface area contributed by atoms with E-state index in [0.717, 1.165) is 0 Å². The Balaban J connectivity index is 4.17. The summed E-state index contributed by atoms with van der Waals surface area (Å²) in [5, 5.41) is 17.6. The Morgan fingerprint density at radius 2 is 2.20 bits per heavy atom. The molecule has 0 saturated heterocycles. The van der Waals surface area contributed by atoms with Gasteiger partial charge in [-0.1, -0.05) is 6.92 Å². The van der Waals surface area contributed by atoms with Crippen molar-refractivity contribution in [3.8, 4) is 0 Å². The van der Waals surface area contributed by atoms with Gasteiger partial charge in [-0.05, 0) is 13.3 Å². The number of carboxylic acid groups (broad SMARTS) is 1. The van der Waals surface area contributed by atoms with Crippen LogP contribution in [0.1, 0.15) is 20.3 Å². The fourth-order valence-electron chi connectivity index (χ4n) is 0.486. The zero-order valence-corrected chi connectivity index (χ0v) is 6.16. The lowest BCUT2D eigenvalue weighted by molar-refractivity contribution is -0.144. The first-order valence-corrected chi connectivity index (χ1v) is 3.12. The van der Waals surface area contributed by atoms with Crippen molar-refractivity contribution in [2.45, 2.75) is 31.9 Å². The average Bonchev–Trinajstić information content (AvgIpc) is 1.86. The van der Waals surface area contributed by atoms with E-state index in [4.69, 9.17) is 10.8 Å². The fraction of sp³-hybridized carbons (Fsp3) is 0.833. The van der Waals surface area contributed by atoms with Crippen LogP contribution in [0.5, 0.6) is 0 Å². The van der Waals surface area contributed by atoms with Crippen LogP contribution in [0, 0.1) is 0 Å². The van der Waals surface area contributed by atoms with Crippen LogP contribution in [-0.2, 0) is 4.79 Å². The number of carbonyl (C=O) groups is 1. The molecule has 2 atom stereocenters. The predicted octanol–water partition coefficient (Wildman–Crippen LogP) is -0.441. The molecule has 4 nitrogen and oxygen atoms in total. The van der Waals surface area contributed by atoms with Crippen LogP contribution in [0.2, 0.25) is 0 Å². The normalized spacial score (nSPS) is 19.6.